The monoisotopic (exact) mass is 323 g/mol. The van der Waals surface area contributed by atoms with Gasteiger partial charge in [-0.2, -0.15) is 0 Å². The zero-order chi connectivity index (χ0) is 17.2. The van der Waals surface area contributed by atoms with Gasteiger partial charge in [-0.25, -0.2) is 0 Å². The molecule has 2 nitrogen and oxygen atoms in total. The third kappa shape index (κ3) is 5.52. The van der Waals surface area contributed by atoms with E-state index in [4.69, 9.17) is 0 Å². The number of nitrogens with one attached hydrogen (secondary N) is 1. The molecule has 0 fully saturated rings. The van der Waals surface area contributed by atoms with E-state index in [2.05, 4.69) is 43.4 Å². The lowest BCUT2D eigenvalue weighted by Crippen LogP contribution is -2.35. The first-order chi connectivity index (χ1) is 11.7. The Bertz CT molecular complexity index is 554. The molecule has 0 saturated carbocycles. The predicted octanol–water partition coefficient (Wildman–Crippen LogP) is 5.29. The van der Waals surface area contributed by atoms with Gasteiger partial charge in [0.2, 0.25) is 5.91 Å². The van der Waals surface area contributed by atoms with E-state index in [9.17, 15) is 4.79 Å². The summed E-state index contributed by atoms with van der Waals surface area (Å²) in [4.78, 5) is 12.6. The maximum Gasteiger partial charge on any atom is 0.221 e. The lowest BCUT2D eigenvalue weighted by molar-refractivity contribution is -0.122. The molecule has 2 rings (SSSR count). The van der Waals surface area contributed by atoms with E-state index >= 15 is 0 Å². The number of amides is 1. The molecule has 0 aromatic heterocycles. The number of rotatable bonds is 9. The van der Waals surface area contributed by atoms with Gasteiger partial charge in [-0.15, -0.1) is 0 Å². The number of carbonyl (C=O) groups excluding carboxylic acids is 1. The predicted molar refractivity (Wildman–Crippen MR) is 101 cm³/mol. The normalized spacial score (nSPS) is 12.1. The van der Waals surface area contributed by atoms with Crippen molar-refractivity contribution >= 4 is 5.91 Å². The fraction of sp³-hybridized carbons (Fsp3) is 0.409. The van der Waals surface area contributed by atoms with Gasteiger partial charge >= 0.3 is 0 Å². The highest BCUT2D eigenvalue weighted by Gasteiger charge is 2.19. The molecule has 128 valence electrons. The molecule has 0 bridgehead atoms. The van der Waals surface area contributed by atoms with Crippen LogP contribution in [0.3, 0.4) is 0 Å². The van der Waals surface area contributed by atoms with E-state index in [-0.39, 0.29) is 11.8 Å². The largest absolute Gasteiger partial charge is 0.353 e. The number of unbranched alkanes of at least 4 members (excludes halogenated alkanes) is 1. The minimum Gasteiger partial charge on any atom is -0.353 e. The van der Waals surface area contributed by atoms with Gasteiger partial charge < -0.3 is 5.32 Å². The third-order valence-electron chi connectivity index (χ3n) is 4.56. The Morgan fingerprint density at radius 3 is 1.92 bits per heavy atom. The average molecular weight is 323 g/mol. The molecule has 1 N–H and O–H groups in total. The molecule has 24 heavy (non-hydrogen) atoms. The van der Waals surface area contributed by atoms with Gasteiger partial charge in [-0.05, 0) is 24.0 Å². The Labute approximate surface area is 146 Å². The first kappa shape index (κ1) is 18.3. The van der Waals surface area contributed by atoms with Crippen LogP contribution in [0.1, 0.15) is 63.0 Å². The van der Waals surface area contributed by atoms with E-state index < -0.39 is 0 Å². The van der Waals surface area contributed by atoms with Crippen LogP contribution in [0.25, 0.3) is 0 Å². The van der Waals surface area contributed by atoms with Crippen molar-refractivity contribution < 1.29 is 4.79 Å². The fourth-order valence-corrected chi connectivity index (χ4v) is 3.10. The van der Waals surface area contributed by atoms with Gasteiger partial charge in [0, 0.05) is 18.4 Å². The van der Waals surface area contributed by atoms with Crippen LogP contribution < -0.4 is 5.32 Å². The van der Waals surface area contributed by atoms with Gasteiger partial charge in [0.15, 0.2) is 0 Å². The first-order valence-electron chi connectivity index (χ1n) is 9.13. The molecule has 0 aliphatic carbocycles. The Kier molecular flexibility index (Phi) is 7.54. The summed E-state index contributed by atoms with van der Waals surface area (Å²) in [5.74, 6) is 0.256. The maximum atomic E-state index is 12.6. The number of hydrogen-bond acceptors (Lipinski definition) is 1. The summed E-state index contributed by atoms with van der Waals surface area (Å²) >= 11 is 0. The van der Waals surface area contributed by atoms with Crippen molar-refractivity contribution in [1.29, 1.82) is 0 Å². The van der Waals surface area contributed by atoms with E-state index in [0.29, 0.717) is 12.5 Å². The second-order valence-electron chi connectivity index (χ2n) is 6.39. The molecule has 0 saturated heterocycles. The molecule has 0 unspecified atom stereocenters. The second-order valence-corrected chi connectivity index (χ2v) is 6.39. The van der Waals surface area contributed by atoms with Crippen LogP contribution >= 0.6 is 0 Å². The Morgan fingerprint density at radius 1 is 0.917 bits per heavy atom. The SMILES string of the molecule is CCCC[C@@H](CC)NC(=O)CC(c1ccccc1)c1ccccc1. The summed E-state index contributed by atoms with van der Waals surface area (Å²) in [6.45, 7) is 4.34. The molecule has 0 aliphatic rings. The summed E-state index contributed by atoms with van der Waals surface area (Å²) in [6, 6.07) is 20.9. The minimum absolute atomic E-state index is 0.107. The van der Waals surface area contributed by atoms with Gasteiger partial charge in [-0.3, -0.25) is 4.79 Å². The lowest BCUT2D eigenvalue weighted by atomic mass is 9.88. The van der Waals surface area contributed by atoms with Crippen molar-refractivity contribution in [1.82, 2.24) is 5.32 Å². The summed E-state index contributed by atoms with van der Waals surface area (Å²) in [7, 11) is 0. The smallest absolute Gasteiger partial charge is 0.221 e. The van der Waals surface area contributed by atoms with Crippen molar-refractivity contribution in [2.75, 3.05) is 0 Å². The molecule has 0 radical (unpaired) electrons. The molecular weight excluding hydrogens is 294 g/mol. The molecule has 1 amide bonds. The van der Waals surface area contributed by atoms with Crippen molar-refractivity contribution in [3.8, 4) is 0 Å². The Hall–Kier alpha value is -2.09. The lowest BCUT2D eigenvalue weighted by Gasteiger charge is -2.21. The topological polar surface area (TPSA) is 29.1 Å². The molecule has 2 heteroatoms. The minimum atomic E-state index is 0.107. The number of hydrogen-bond donors (Lipinski definition) is 1. The maximum absolute atomic E-state index is 12.6. The summed E-state index contributed by atoms with van der Waals surface area (Å²) < 4.78 is 0. The van der Waals surface area contributed by atoms with Gasteiger partial charge in [0.25, 0.3) is 0 Å². The third-order valence-corrected chi connectivity index (χ3v) is 4.56. The van der Waals surface area contributed by atoms with E-state index in [0.717, 1.165) is 12.8 Å². The highest BCUT2D eigenvalue weighted by atomic mass is 16.1. The van der Waals surface area contributed by atoms with Crippen molar-refractivity contribution in [2.45, 2.75) is 57.9 Å². The molecule has 2 aromatic rings. The van der Waals surface area contributed by atoms with Crippen molar-refractivity contribution in [3.63, 3.8) is 0 Å². The second kappa shape index (κ2) is 9.92. The first-order valence-corrected chi connectivity index (χ1v) is 9.13. The van der Waals surface area contributed by atoms with Crippen LogP contribution in [0.4, 0.5) is 0 Å². The van der Waals surface area contributed by atoms with Gasteiger partial charge in [0.05, 0.1) is 0 Å². The average Bonchev–Trinajstić information content (AvgIpc) is 2.64. The van der Waals surface area contributed by atoms with E-state index in [1.54, 1.807) is 0 Å². The summed E-state index contributed by atoms with van der Waals surface area (Å²) in [5, 5.41) is 3.23. The highest BCUT2D eigenvalue weighted by Crippen LogP contribution is 2.27. The van der Waals surface area contributed by atoms with Crippen molar-refractivity contribution in [2.24, 2.45) is 0 Å². The van der Waals surface area contributed by atoms with Gasteiger partial charge in [0.1, 0.15) is 0 Å². The fourth-order valence-electron chi connectivity index (χ4n) is 3.10. The molecule has 0 heterocycles. The van der Waals surface area contributed by atoms with Crippen LogP contribution in [0.5, 0.6) is 0 Å². The summed E-state index contributed by atoms with van der Waals surface area (Å²) in [6.07, 6.45) is 4.90. The van der Waals surface area contributed by atoms with E-state index in [1.165, 1.54) is 24.0 Å². The van der Waals surface area contributed by atoms with Gasteiger partial charge in [-0.1, -0.05) is 87.4 Å². The van der Waals surface area contributed by atoms with Crippen LogP contribution in [-0.4, -0.2) is 11.9 Å². The number of carbonyl (C=O) groups is 1. The zero-order valence-corrected chi connectivity index (χ0v) is 14.9. The Morgan fingerprint density at radius 2 is 1.46 bits per heavy atom. The molecular formula is C22H29NO. The molecule has 2 aromatic carbocycles. The molecule has 0 aliphatic heterocycles. The van der Waals surface area contributed by atoms with Crippen molar-refractivity contribution in [3.05, 3.63) is 71.8 Å². The Balaban J connectivity index is 2.10. The standard InChI is InChI=1S/C22H29NO/c1-3-5-16-20(4-2)23-22(24)17-21(18-12-8-6-9-13-18)19-14-10-7-11-15-19/h6-15,20-21H,3-5,16-17H2,1-2H3,(H,23,24)/t20-/m1/s1. The van der Waals surface area contributed by atoms with Crippen LogP contribution in [0, 0.1) is 0 Å². The zero-order valence-electron chi connectivity index (χ0n) is 14.9. The van der Waals surface area contributed by atoms with E-state index in [1.807, 2.05) is 36.4 Å². The number of benzene rings is 2. The van der Waals surface area contributed by atoms with Crippen LogP contribution in [-0.2, 0) is 4.79 Å². The molecule has 1 atom stereocenters. The van der Waals surface area contributed by atoms with Crippen LogP contribution in [0.2, 0.25) is 0 Å². The quantitative estimate of drug-likeness (QED) is 0.667. The highest BCUT2D eigenvalue weighted by molar-refractivity contribution is 5.77. The molecule has 0 spiro atoms. The van der Waals surface area contributed by atoms with Crippen LogP contribution in [0.15, 0.2) is 60.7 Å². The summed E-state index contributed by atoms with van der Waals surface area (Å²) in [5.41, 5.74) is 2.39.